The van der Waals surface area contributed by atoms with Crippen LogP contribution in [0.1, 0.15) is 54.4 Å². The van der Waals surface area contributed by atoms with Gasteiger partial charge >= 0.3 is 0 Å². The predicted molar refractivity (Wildman–Crippen MR) is 90.7 cm³/mol. The SMILES string of the molecule is COc1cccc2c1C(C)CC1c3ccccc3CC1(C)C2. The summed E-state index contributed by atoms with van der Waals surface area (Å²) in [7, 11) is 1.80. The molecule has 0 aromatic heterocycles. The first-order chi connectivity index (χ1) is 10.6. The van der Waals surface area contributed by atoms with Crippen molar-refractivity contribution in [2.45, 2.75) is 44.9 Å². The van der Waals surface area contributed by atoms with Crippen LogP contribution in [0, 0.1) is 5.41 Å². The fourth-order valence-electron chi connectivity index (χ4n) is 4.95. The third-order valence-corrected chi connectivity index (χ3v) is 5.92. The van der Waals surface area contributed by atoms with Crippen LogP contribution in [0.4, 0.5) is 0 Å². The van der Waals surface area contributed by atoms with E-state index in [-0.39, 0.29) is 0 Å². The van der Waals surface area contributed by atoms with Gasteiger partial charge in [0.2, 0.25) is 0 Å². The van der Waals surface area contributed by atoms with Gasteiger partial charge in [-0.2, -0.15) is 0 Å². The molecule has 0 saturated carbocycles. The first kappa shape index (κ1) is 13.9. The molecule has 3 atom stereocenters. The molecular formula is C21H24O. The Balaban J connectivity index is 1.84. The van der Waals surface area contributed by atoms with Crippen LogP contribution in [-0.4, -0.2) is 7.11 Å². The molecule has 0 radical (unpaired) electrons. The van der Waals surface area contributed by atoms with Gasteiger partial charge in [0.1, 0.15) is 5.75 Å². The summed E-state index contributed by atoms with van der Waals surface area (Å²) in [5.74, 6) is 2.28. The lowest BCUT2D eigenvalue weighted by molar-refractivity contribution is 0.265. The molecule has 3 unspecified atom stereocenters. The molecule has 114 valence electrons. The maximum absolute atomic E-state index is 5.66. The van der Waals surface area contributed by atoms with Gasteiger partial charge < -0.3 is 4.74 Å². The van der Waals surface area contributed by atoms with Gasteiger partial charge in [-0.3, -0.25) is 0 Å². The van der Waals surface area contributed by atoms with Crippen LogP contribution in [0.25, 0.3) is 0 Å². The number of ether oxygens (including phenoxy) is 1. The number of hydrogen-bond donors (Lipinski definition) is 0. The summed E-state index contributed by atoms with van der Waals surface area (Å²) in [5.41, 5.74) is 6.43. The molecule has 0 fully saturated rings. The summed E-state index contributed by atoms with van der Waals surface area (Å²) < 4.78 is 5.66. The molecule has 2 aromatic carbocycles. The molecule has 2 aliphatic carbocycles. The number of rotatable bonds is 1. The van der Waals surface area contributed by atoms with E-state index >= 15 is 0 Å². The number of hydrogen-bond acceptors (Lipinski definition) is 1. The second-order valence-corrected chi connectivity index (χ2v) is 7.43. The minimum atomic E-state index is 0.343. The zero-order valence-corrected chi connectivity index (χ0v) is 13.7. The maximum atomic E-state index is 5.66. The predicted octanol–water partition coefficient (Wildman–Crippen LogP) is 5.09. The summed E-state index contributed by atoms with van der Waals surface area (Å²) in [6.45, 7) is 4.85. The van der Waals surface area contributed by atoms with Crippen molar-refractivity contribution in [3.63, 3.8) is 0 Å². The molecule has 1 heteroatoms. The van der Waals surface area contributed by atoms with Crippen LogP contribution < -0.4 is 4.74 Å². The molecule has 2 aromatic rings. The van der Waals surface area contributed by atoms with Crippen molar-refractivity contribution in [1.82, 2.24) is 0 Å². The highest BCUT2D eigenvalue weighted by Crippen LogP contribution is 2.56. The lowest BCUT2D eigenvalue weighted by Crippen LogP contribution is -2.24. The van der Waals surface area contributed by atoms with Gasteiger partial charge in [0.25, 0.3) is 0 Å². The van der Waals surface area contributed by atoms with Crippen LogP contribution in [0.3, 0.4) is 0 Å². The average molecular weight is 292 g/mol. The molecule has 0 amide bonds. The van der Waals surface area contributed by atoms with E-state index in [0.717, 1.165) is 12.2 Å². The van der Waals surface area contributed by atoms with Crippen LogP contribution in [0.2, 0.25) is 0 Å². The van der Waals surface area contributed by atoms with E-state index in [1.54, 1.807) is 18.2 Å². The highest BCUT2D eigenvalue weighted by atomic mass is 16.5. The molecule has 0 N–H and O–H groups in total. The fraction of sp³-hybridized carbons (Fsp3) is 0.429. The second kappa shape index (κ2) is 4.87. The quantitative estimate of drug-likeness (QED) is 0.711. The van der Waals surface area contributed by atoms with Crippen molar-refractivity contribution in [2.75, 3.05) is 7.11 Å². The maximum Gasteiger partial charge on any atom is 0.122 e. The number of fused-ring (bicyclic) bond motifs is 4. The van der Waals surface area contributed by atoms with Crippen molar-refractivity contribution in [1.29, 1.82) is 0 Å². The molecule has 0 heterocycles. The normalized spacial score (nSPS) is 29.2. The van der Waals surface area contributed by atoms with Gasteiger partial charge in [-0.1, -0.05) is 50.2 Å². The first-order valence-electron chi connectivity index (χ1n) is 8.36. The van der Waals surface area contributed by atoms with Crippen molar-refractivity contribution in [3.05, 3.63) is 64.7 Å². The van der Waals surface area contributed by atoms with E-state index in [9.17, 15) is 0 Å². The van der Waals surface area contributed by atoms with Gasteiger partial charge in [0.15, 0.2) is 0 Å². The van der Waals surface area contributed by atoms with Gasteiger partial charge in [-0.05, 0) is 59.3 Å². The van der Waals surface area contributed by atoms with Crippen molar-refractivity contribution in [2.24, 2.45) is 5.41 Å². The third kappa shape index (κ3) is 1.91. The van der Waals surface area contributed by atoms with Crippen LogP contribution in [0.5, 0.6) is 5.75 Å². The van der Waals surface area contributed by atoms with E-state index in [2.05, 4.69) is 56.3 Å². The van der Waals surface area contributed by atoms with E-state index in [0.29, 0.717) is 17.3 Å². The standard InChI is InChI=1S/C21H24O/c1-14-11-18-17-9-5-4-7-15(17)12-21(18,2)13-16-8-6-10-19(22-3)20(14)16/h4-10,14,18H,11-13H2,1-3H3. The van der Waals surface area contributed by atoms with E-state index in [1.165, 1.54) is 24.0 Å². The van der Waals surface area contributed by atoms with Gasteiger partial charge in [-0.25, -0.2) is 0 Å². The Hall–Kier alpha value is -1.76. The molecule has 0 aliphatic heterocycles. The van der Waals surface area contributed by atoms with Crippen LogP contribution >= 0.6 is 0 Å². The summed E-state index contributed by atoms with van der Waals surface area (Å²) in [6, 6.07) is 15.6. The Morgan fingerprint density at radius 2 is 1.73 bits per heavy atom. The largest absolute Gasteiger partial charge is 0.496 e. The third-order valence-electron chi connectivity index (χ3n) is 5.92. The highest BCUT2D eigenvalue weighted by Gasteiger charge is 2.45. The average Bonchev–Trinajstić information content (AvgIpc) is 2.72. The van der Waals surface area contributed by atoms with E-state index in [4.69, 9.17) is 4.74 Å². The molecular weight excluding hydrogens is 268 g/mol. The summed E-state index contributed by atoms with van der Waals surface area (Å²) in [6.07, 6.45) is 3.58. The Morgan fingerprint density at radius 3 is 2.55 bits per heavy atom. The Morgan fingerprint density at radius 1 is 1.00 bits per heavy atom. The smallest absolute Gasteiger partial charge is 0.122 e. The number of benzene rings is 2. The van der Waals surface area contributed by atoms with Gasteiger partial charge in [0, 0.05) is 5.56 Å². The molecule has 1 nitrogen and oxygen atoms in total. The monoisotopic (exact) mass is 292 g/mol. The molecule has 0 spiro atoms. The highest BCUT2D eigenvalue weighted by molar-refractivity contribution is 5.48. The Bertz CT molecular complexity index is 718. The Kier molecular flexibility index (Phi) is 3.07. The zero-order valence-electron chi connectivity index (χ0n) is 13.7. The van der Waals surface area contributed by atoms with Gasteiger partial charge in [-0.15, -0.1) is 0 Å². The molecule has 22 heavy (non-hydrogen) atoms. The van der Waals surface area contributed by atoms with Crippen LogP contribution in [-0.2, 0) is 12.8 Å². The van der Waals surface area contributed by atoms with E-state index in [1.807, 2.05) is 0 Å². The fourth-order valence-corrected chi connectivity index (χ4v) is 4.95. The minimum absolute atomic E-state index is 0.343. The Labute approximate surface area is 133 Å². The molecule has 0 saturated heterocycles. The lowest BCUT2D eigenvalue weighted by atomic mass is 9.73. The topological polar surface area (TPSA) is 9.23 Å². The molecule has 2 aliphatic rings. The molecule has 0 bridgehead atoms. The van der Waals surface area contributed by atoms with Crippen LogP contribution in [0.15, 0.2) is 42.5 Å². The number of methoxy groups -OCH3 is 1. The van der Waals surface area contributed by atoms with E-state index < -0.39 is 0 Å². The van der Waals surface area contributed by atoms with Crippen molar-refractivity contribution < 1.29 is 4.74 Å². The lowest BCUT2D eigenvalue weighted by Gasteiger charge is -2.31. The minimum Gasteiger partial charge on any atom is -0.496 e. The summed E-state index contributed by atoms with van der Waals surface area (Å²) in [4.78, 5) is 0. The van der Waals surface area contributed by atoms with Crippen molar-refractivity contribution in [3.8, 4) is 5.75 Å². The summed E-state index contributed by atoms with van der Waals surface area (Å²) >= 11 is 0. The molecule has 4 rings (SSSR count). The van der Waals surface area contributed by atoms with Crippen molar-refractivity contribution >= 4 is 0 Å². The van der Waals surface area contributed by atoms with Gasteiger partial charge in [0.05, 0.1) is 7.11 Å². The zero-order chi connectivity index (χ0) is 15.3. The second-order valence-electron chi connectivity index (χ2n) is 7.43. The first-order valence-corrected chi connectivity index (χ1v) is 8.36. The summed E-state index contributed by atoms with van der Waals surface area (Å²) in [5, 5.41) is 0.